The SMILES string of the molecule is [2H]c1c([2H])c(C(C([2H])([2H])N(C([2H])([2H])[2H])C([2H])([2H])[2H])C2(O)C([2H])([2H])C([2H])([2H])C([2H])([2H])C([2H])([2H])C2([2H])[2H])c([2H])c([2H])c1OC.[2H]c1c([2H])c(C(C([2H])([2H])N(C)C([2H])([2H])[2H])C2(O)C([2H])([2H])C([2H])([2H])C([2H])([2H])C([2H])([2H])C2([2H])[2H])c([2H])c([2H])c1OC.[2H]c1c([2H])c(C(C([2H])([2H])N(C)C)C2(O)C([2H])([2H])C([2H])([2H])C([2H])([2H])C([2H])([2H])C2([2H])[2H])c([2H])c([2H])c1OC.[2H]c1c([2H])c(C([2H])(CN(C([2H])([2H])[2H])C([2H])([2H])[2H])C2(O)C([2H])([2H])C([2H])([2H])C([2H])([2H])C([2H])([2H])C2([2H])[2H])c([2H])c([2H])c1OC.[2H]c1c([2H])c(C([2H])(CN(C)C([2H])([2H])[2H])C2(O)C([2H])([2H])C([2H])([2H])C([2H])([2H])C([2H])([2H])C2([2H])[2H])c([2H])c([2H])c1OC.[2H]c1c([2H])c(C([2H])(CN(C)C)C2(O)C([2H])([2H])C([2H])([2H])C([2H])([2H])C([2H])([2H])C2([2H])[2H])c([2H])c([2H])c1OC. The molecular weight excluding hydrogens is 1500 g/mol. The van der Waals surface area contributed by atoms with Gasteiger partial charge in [-0.05, 0) is 267 Å². The van der Waals surface area contributed by atoms with E-state index in [4.69, 9.17) is 176 Å². The monoisotopic (exact) mass is 1770 g/mol. The van der Waals surface area contributed by atoms with Gasteiger partial charge in [-0.3, -0.25) is 0 Å². The Kier molecular flexibility index (Phi) is 11.3. The van der Waals surface area contributed by atoms with Crippen molar-refractivity contribution in [3.63, 3.8) is 0 Å². The Balaban J connectivity index is 0.000000365. The number of likely N-dealkylation sites (N-methyl/N-ethyl adjacent to an activating group) is 6. The van der Waals surface area contributed by atoms with Gasteiger partial charge in [0.15, 0.2) is 0 Å². The smallest absolute Gasteiger partial charge is 0.118 e. The lowest BCUT2D eigenvalue weighted by molar-refractivity contribution is -0.0280. The molecule has 6 aliphatic carbocycles. The molecular formula is C102H162N6O12. The number of hydrogen-bond acceptors (Lipinski definition) is 18. The van der Waals surface area contributed by atoms with Crippen molar-refractivity contribution in [3.05, 3.63) is 178 Å². The Morgan fingerprint density at radius 2 is 0.450 bits per heavy atom. The Morgan fingerprint density at radius 3 is 0.650 bits per heavy atom. The molecule has 120 heavy (non-hydrogen) atoms. The number of nitrogens with zero attached hydrogens (tertiary/aromatic N) is 6. The molecule has 6 unspecified atom stereocenters. The number of ether oxygens (including phenoxy) is 6. The molecule has 0 spiro atoms. The molecule has 6 saturated carbocycles. The second-order valence-electron chi connectivity index (χ2n) is 24.3. The maximum absolute atomic E-state index is 12.1. The zero-order valence-electron chi connectivity index (χ0n) is 177. The van der Waals surface area contributed by atoms with Gasteiger partial charge in [-0.1, -0.05) is 187 Å². The molecule has 12 rings (SSSR count). The molecule has 0 aromatic heterocycles. The zero-order valence-corrected chi connectivity index (χ0v) is 65.7. The van der Waals surface area contributed by atoms with Gasteiger partial charge >= 0.3 is 0 Å². The third-order valence-electron chi connectivity index (χ3n) is 15.1. The average molecular weight is 1780 g/mol. The highest BCUT2D eigenvalue weighted by Crippen LogP contribution is 2.47. The van der Waals surface area contributed by atoms with Crippen LogP contribution in [0.1, 0.15) is 412 Å². The molecule has 18 nitrogen and oxygen atoms in total. The van der Waals surface area contributed by atoms with Crippen molar-refractivity contribution in [1.29, 1.82) is 0 Å². The summed E-state index contributed by atoms with van der Waals surface area (Å²) < 4.78 is 941. The van der Waals surface area contributed by atoms with Crippen molar-refractivity contribution < 1.29 is 211 Å². The molecule has 6 N–H and O–H groups in total. The van der Waals surface area contributed by atoms with E-state index in [1.165, 1.54) is 14.1 Å². The van der Waals surface area contributed by atoms with Crippen molar-refractivity contribution in [2.75, 3.05) is 166 Å². The minimum absolute atomic E-state index is 0.125. The molecule has 0 heterocycles. The first-order valence-corrected chi connectivity index (χ1v) is 33.8. The van der Waals surface area contributed by atoms with E-state index in [-0.39, 0.29) is 4.90 Å². The molecule has 0 bridgehead atoms. The topological polar surface area (TPSA) is 196 Å². The zero-order chi connectivity index (χ0) is 185. The minimum Gasteiger partial charge on any atom is -0.497 e. The van der Waals surface area contributed by atoms with Gasteiger partial charge in [0.2, 0.25) is 0 Å². The van der Waals surface area contributed by atoms with Crippen molar-refractivity contribution in [2.45, 2.75) is 260 Å². The van der Waals surface area contributed by atoms with E-state index in [2.05, 4.69) is 0 Å². The molecule has 6 aromatic carbocycles. The Bertz CT molecular complexity index is 9110. The van der Waals surface area contributed by atoms with Gasteiger partial charge in [-0.2, -0.15) is 0 Å². The van der Waals surface area contributed by atoms with E-state index in [9.17, 15) is 34.8 Å². The number of aliphatic hydroxyl groups is 6. The average Bonchev–Trinajstić information content (AvgIpc) is 0.645. The minimum atomic E-state index is -4.71. The summed E-state index contributed by atoms with van der Waals surface area (Å²) in [6.07, 6.45) is -125. The molecule has 0 aliphatic heterocycles. The van der Waals surface area contributed by atoms with Crippen LogP contribution in [-0.4, -0.2) is 260 Å². The summed E-state index contributed by atoms with van der Waals surface area (Å²) in [5.74, 6) is -24.9. The largest absolute Gasteiger partial charge is 0.497 e. The number of benzene rings is 6. The van der Waals surface area contributed by atoms with Crippen LogP contribution in [-0.2, 0) is 0 Å². The van der Waals surface area contributed by atoms with E-state index in [1.54, 1.807) is 0 Å². The van der Waals surface area contributed by atoms with Crippen LogP contribution >= 0.6 is 0 Å². The van der Waals surface area contributed by atoms with Gasteiger partial charge in [0.25, 0.3) is 0 Å². The van der Waals surface area contributed by atoms with Gasteiger partial charge in [0.05, 0.1) is 109 Å². The fraction of sp³-hybridized carbons (Fsp3) is 0.647. The quantitative estimate of drug-likeness (QED) is 0.0249. The van der Waals surface area contributed by atoms with Crippen LogP contribution in [0.4, 0.5) is 0 Å². The lowest BCUT2D eigenvalue weighted by Crippen LogP contribution is -2.42. The Morgan fingerprint density at radius 1 is 0.267 bits per heavy atom. The van der Waals surface area contributed by atoms with Crippen LogP contribution in [0.15, 0.2) is 145 Å². The second kappa shape index (κ2) is 50.0. The predicted octanol–water partition coefficient (Wildman–Crippen LogP) is 18.2. The van der Waals surface area contributed by atoms with Gasteiger partial charge in [0.1, 0.15) is 34.5 Å². The summed E-state index contributed by atoms with van der Waals surface area (Å²) in [6, 6.07) is -26.9. The summed E-state index contributed by atoms with van der Waals surface area (Å²) >= 11 is 0. The molecule has 18 heteroatoms. The first kappa shape index (κ1) is 27.1. The summed E-state index contributed by atoms with van der Waals surface area (Å²) in [5.41, 5.74) is -34.3. The van der Waals surface area contributed by atoms with Crippen LogP contribution in [0.5, 0.6) is 34.5 Å². The molecule has 6 aliphatic rings. The standard InChI is InChI=1S/6C17H27NO2/c6*1-18(2)13-16(17(19)11-5-4-6-12-17)14-7-9-15(20-3)10-8-14/h6*7-10,16,19H,4-6,11-13H2,1-3H3/i1D3,2D3,4D2,5D2,6D2,7D,8D,9D,10D,11D2,12D2,16D;1D3,2D3,4D2,5D2,6D2,7D,8D,9D,10D,11D2,12D2,13D2;1D3,4D2,5D2,6D2,7D,8D,9D,10D,11D2,12D2,16D;1D3,4D2,5D2,6D2,7D,8D,9D,10D,11D2,12D2,13D2;4D2,5D2,6D2,7D,8D,9D,10D,11D2,12D2,16D;4D2,5D2,6D2,7D,8D,9D,10D,11D2,12D2,13D2. The van der Waals surface area contributed by atoms with Crippen molar-refractivity contribution >= 4 is 0 Å². The van der Waals surface area contributed by atoms with Crippen LogP contribution in [0, 0.1) is 0 Å². The first-order valence-electron chi connectivity index (χ1n) is 89.3. The van der Waals surface area contributed by atoms with Gasteiger partial charge in [-0.15, -0.1) is 0 Å². The van der Waals surface area contributed by atoms with E-state index < -0.39 is 564 Å². The number of rotatable bonds is 30. The first-order chi connectivity index (χ1) is 101. The molecule has 0 saturated heterocycles. The fourth-order valence-electron chi connectivity index (χ4n) is 9.60. The Labute approximate surface area is 882 Å². The van der Waals surface area contributed by atoms with Crippen LogP contribution in [0.25, 0.3) is 0 Å². The molecule has 0 radical (unpaired) electrons. The van der Waals surface area contributed by atoms with Crippen LogP contribution in [0.2, 0.25) is 0 Å². The molecule has 672 valence electrons. The summed E-state index contributed by atoms with van der Waals surface area (Å²) in [5, 5.41) is 71.8. The van der Waals surface area contributed by atoms with E-state index in [1.807, 2.05) is 0 Å². The predicted molar refractivity (Wildman–Crippen MR) is 494 cm³/mol. The lowest BCUT2D eigenvalue weighted by Gasteiger charge is -2.40. The Hall–Kier alpha value is -6.36. The lowest BCUT2D eigenvalue weighted by atomic mass is 9.72. The van der Waals surface area contributed by atoms with Crippen molar-refractivity contribution in [2.24, 2.45) is 0 Å². The third kappa shape index (κ3) is 31.1. The van der Waals surface area contributed by atoms with Gasteiger partial charge in [-0.25, -0.2) is 0 Å². The molecule has 6 atom stereocenters. The van der Waals surface area contributed by atoms with Crippen LogP contribution < -0.4 is 28.4 Å². The fourth-order valence-corrected chi connectivity index (χ4v) is 9.60. The van der Waals surface area contributed by atoms with Crippen molar-refractivity contribution in [1.82, 2.24) is 29.4 Å². The van der Waals surface area contributed by atoms with Crippen LogP contribution in [0.3, 0.4) is 0 Å². The molecule has 6 aromatic rings. The highest BCUT2D eigenvalue weighted by molar-refractivity contribution is 5.37. The number of methoxy groups -OCH3 is 6. The maximum atomic E-state index is 12.1. The van der Waals surface area contributed by atoms with Gasteiger partial charge < -0.3 is 88.5 Å². The third-order valence-corrected chi connectivity index (χ3v) is 15.1. The van der Waals surface area contributed by atoms with Gasteiger partial charge in [0, 0.05) is 194 Å². The van der Waals surface area contributed by atoms with Crippen molar-refractivity contribution in [3.8, 4) is 34.5 Å². The molecule has 6 fully saturated rings. The molecule has 0 amide bonds. The summed E-state index contributed by atoms with van der Waals surface area (Å²) in [4.78, 5) is 0.525. The second-order valence-corrected chi connectivity index (χ2v) is 24.3. The normalized spacial score (nSPS) is 47.8. The highest BCUT2D eigenvalue weighted by atomic mass is 16.5. The van der Waals surface area contributed by atoms with E-state index in [0.717, 1.165) is 68.7 Å². The number of hydrogen-bond donors (Lipinski definition) is 6. The van der Waals surface area contributed by atoms with E-state index >= 15 is 0 Å². The summed E-state index contributed by atoms with van der Waals surface area (Å²) in [7, 11) is 11.9. The highest BCUT2D eigenvalue weighted by Gasteiger charge is 2.45. The summed E-state index contributed by atoms with van der Waals surface area (Å²) in [6.45, 7) is -38.1. The van der Waals surface area contributed by atoms with E-state index in [0.29, 0.717) is 16.8 Å². The maximum Gasteiger partial charge on any atom is 0.118 e.